The second kappa shape index (κ2) is 5.72. The molecule has 0 aliphatic carbocycles. The number of alkyl halides is 3. The van der Waals surface area contributed by atoms with Gasteiger partial charge < -0.3 is 5.73 Å². The highest BCUT2D eigenvalue weighted by molar-refractivity contribution is 5.84. The van der Waals surface area contributed by atoms with Crippen LogP contribution in [0, 0.1) is 0 Å². The summed E-state index contributed by atoms with van der Waals surface area (Å²) in [6, 6.07) is 4.06. The first-order valence-electron chi connectivity index (χ1n) is 7.06. The van der Waals surface area contributed by atoms with Crippen molar-refractivity contribution in [2.45, 2.75) is 38.5 Å². The van der Waals surface area contributed by atoms with E-state index in [9.17, 15) is 22.8 Å². The molecule has 120 valence electrons. The largest absolute Gasteiger partial charge is 0.416 e. The number of nitrogens with zero attached hydrogens (tertiary/aromatic N) is 1. The Kier molecular flexibility index (Phi) is 4.28. The van der Waals surface area contributed by atoms with Crippen molar-refractivity contribution in [1.29, 1.82) is 0 Å². The van der Waals surface area contributed by atoms with Crippen LogP contribution in [0.15, 0.2) is 24.3 Å². The van der Waals surface area contributed by atoms with E-state index >= 15 is 0 Å². The minimum atomic E-state index is -4.39. The monoisotopic (exact) mass is 315 g/mol. The van der Waals surface area contributed by atoms with Crippen LogP contribution >= 0.6 is 0 Å². The Morgan fingerprint density at radius 2 is 1.91 bits per heavy atom. The molecule has 1 aromatic carbocycles. The number of carbonyl (C=O) groups is 2. The van der Waals surface area contributed by atoms with Gasteiger partial charge in [-0.25, -0.2) is 9.28 Å². The predicted octanol–water partition coefficient (Wildman–Crippen LogP) is 2.22. The number of nitrogens with two attached hydrogens (primary N) is 1. The molecular formula is C15H18F3N2O2+. The maximum Gasteiger partial charge on any atom is 0.416 e. The fraction of sp³-hybridized carbons (Fsp3) is 0.467. The molecule has 0 saturated carbocycles. The number of likely N-dealkylation sites (N-methyl/N-ethyl adjacent to an activating group) is 1. The predicted molar refractivity (Wildman–Crippen MR) is 73.2 cm³/mol. The number of hydrogen-bond acceptors (Lipinski definition) is 2. The van der Waals surface area contributed by atoms with E-state index in [-0.39, 0.29) is 23.4 Å². The van der Waals surface area contributed by atoms with Crippen LogP contribution in [-0.4, -0.2) is 28.9 Å². The van der Waals surface area contributed by atoms with Gasteiger partial charge in [0, 0.05) is 12.0 Å². The number of rotatable bonds is 4. The quantitative estimate of drug-likeness (QED) is 0.866. The summed E-state index contributed by atoms with van der Waals surface area (Å²) in [6.07, 6.45) is -3.74. The van der Waals surface area contributed by atoms with Crippen molar-refractivity contribution in [2.75, 3.05) is 6.54 Å². The number of halogens is 3. The highest BCUT2D eigenvalue weighted by atomic mass is 19.4. The molecule has 2 rings (SSSR count). The lowest BCUT2D eigenvalue weighted by Crippen LogP contribution is -2.58. The smallest absolute Gasteiger partial charge is 0.364 e. The first kappa shape index (κ1) is 16.5. The van der Waals surface area contributed by atoms with E-state index in [4.69, 9.17) is 5.73 Å². The van der Waals surface area contributed by atoms with Gasteiger partial charge in [-0.3, -0.25) is 4.79 Å². The van der Waals surface area contributed by atoms with Gasteiger partial charge in [0.25, 0.3) is 5.91 Å². The van der Waals surface area contributed by atoms with Crippen LogP contribution < -0.4 is 5.73 Å². The van der Waals surface area contributed by atoms with Crippen LogP contribution in [0.25, 0.3) is 0 Å². The van der Waals surface area contributed by atoms with Crippen molar-refractivity contribution in [1.82, 2.24) is 0 Å². The van der Waals surface area contributed by atoms with E-state index in [1.165, 1.54) is 12.1 Å². The van der Waals surface area contributed by atoms with Gasteiger partial charge in [0.2, 0.25) is 0 Å². The highest BCUT2D eigenvalue weighted by Gasteiger charge is 2.51. The fourth-order valence-corrected chi connectivity index (χ4v) is 3.12. The lowest BCUT2D eigenvalue weighted by molar-refractivity contribution is -0.873. The Morgan fingerprint density at radius 3 is 2.36 bits per heavy atom. The summed E-state index contributed by atoms with van der Waals surface area (Å²) in [6.45, 7) is 2.35. The Balaban J connectivity index is 2.30. The molecule has 2 N–H and O–H groups in total. The van der Waals surface area contributed by atoms with E-state index in [1.54, 1.807) is 6.92 Å². The molecule has 22 heavy (non-hydrogen) atoms. The van der Waals surface area contributed by atoms with Crippen molar-refractivity contribution in [3.8, 4) is 0 Å². The Morgan fingerprint density at radius 1 is 1.32 bits per heavy atom. The molecule has 1 unspecified atom stereocenters. The molecule has 1 heterocycles. The van der Waals surface area contributed by atoms with Crippen molar-refractivity contribution >= 4 is 11.8 Å². The Bertz CT molecular complexity index is 583. The van der Waals surface area contributed by atoms with Crippen molar-refractivity contribution in [3.05, 3.63) is 35.4 Å². The maximum atomic E-state index is 12.6. The number of benzene rings is 1. The number of likely N-dealkylation sites (tertiary alicyclic amines) is 1. The number of amides is 2. The number of primary amides is 1. The molecule has 1 aliphatic rings. The molecule has 0 spiro atoms. The van der Waals surface area contributed by atoms with Gasteiger partial charge in [0.1, 0.15) is 6.54 Å². The zero-order valence-electron chi connectivity index (χ0n) is 12.2. The minimum Gasteiger partial charge on any atom is -0.364 e. The van der Waals surface area contributed by atoms with Gasteiger partial charge >= 0.3 is 12.1 Å². The Labute approximate surface area is 126 Å². The number of quaternary nitrogens is 1. The fourth-order valence-electron chi connectivity index (χ4n) is 3.12. The van der Waals surface area contributed by atoms with Gasteiger partial charge in [-0.05, 0) is 19.1 Å². The average Bonchev–Trinajstić information content (AvgIpc) is 2.76. The third-order valence-corrected chi connectivity index (χ3v) is 4.36. The third-order valence-electron chi connectivity index (χ3n) is 4.36. The van der Waals surface area contributed by atoms with E-state index in [0.29, 0.717) is 18.5 Å². The third kappa shape index (κ3) is 2.85. The second-order valence-corrected chi connectivity index (χ2v) is 5.55. The van der Waals surface area contributed by atoms with Crippen molar-refractivity contribution in [3.63, 3.8) is 0 Å². The lowest BCUT2D eigenvalue weighted by atomic mass is 10.1. The minimum absolute atomic E-state index is 0.0915. The topological polar surface area (TPSA) is 60.2 Å². The zero-order valence-corrected chi connectivity index (χ0v) is 12.2. The van der Waals surface area contributed by atoms with Crippen LogP contribution in [0.3, 0.4) is 0 Å². The van der Waals surface area contributed by atoms with E-state index in [0.717, 1.165) is 12.1 Å². The van der Waals surface area contributed by atoms with E-state index < -0.39 is 23.7 Å². The van der Waals surface area contributed by atoms with Crippen molar-refractivity contribution in [2.24, 2.45) is 5.73 Å². The van der Waals surface area contributed by atoms with Gasteiger partial charge in [-0.15, -0.1) is 0 Å². The first-order chi connectivity index (χ1) is 10.2. The summed E-state index contributed by atoms with van der Waals surface area (Å²) in [7, 11) is 0. The molecule has 7 heteroatoms. The normalized spacial score (nSPS) is 25.5. The maximum absolute atomic E-state index is 12.6. The molecule has 1 fully saturated rings. The summed E-state index contributed by atoms with van der Waals surface area (Å²) >= 11 is 0. The van der Waals surface area contributed by atoms with Crippen LogP contribution in [0.1, 0.15) is 30.9 Å². The van der Waals surface area contributed by atoms with Gasteiger partial charge in [-0.1, -0.05) is 12.1 Å². The average molecular weight is 315 g/mol. The molecular weight excluding hydrogens is 297 g/mol. The molecule has 1 aliphatic heterocycles. The van der Waals surface area contributed by atoms with Crippen LogP contribution in [0.2, 0.25) is 0 Å². The zero-order chi connectivity index (χ0) is 16.5. The number of hydrogen-bond donors (Lipinski definition) is 1. The van der Waals surface area contributed by atoms with Crippen LogP contribution in [-0.2, 0) is 22.3 Å². The molecule has 1 aromatic rings. The molecule has 0 aromatic heterocycles. The van der Waals surface area contributed by atoms with E-state index in [1.807, 2.05) is 0 Å². The summed E-state index contributed by atoms with van der Waals surface area (Å²) in [4.78, 5) is 23.9. The molecule has 0 radical (unpaired) electrons. The SMILES string of the molecule is CC[N+]1(Cc2ccc(C(F)(F)F)cc2)C(=O)CC[C@H]1C(N)=O. The summed E-state index contributed by atoms with van der Waals surface area (Å²) in [5.74, 6) is -0.634. The summed E-state index contributed by atoms with van der Waals surface area (Å²) < 4.78 is 37.6. The van der Waals surface area contributed by atoms with Gasteiger partial charge in [0.05, 0.1) is 18.5 Å². The molecule has 0 bridgehead atoms. The van der Waals surface area contributed by atoms with E-state index in [2.05, 4.69) is 0 Å². The number of carbonyl (C=O) groups excluding carboxylic acids is 2. The van der Waals surface area contributed by atoms with Gasteiger partial charge in [-0.2, -0.15) is 13.2 Å². The molecule has 2 amide bonds. The summed E-state index contributed by atoms with van der Waals surface area (Å²) in [5, 5.41) is 0. The Hall–Kier alpha value is -1.89. The van der Waals surface area contributed by atoms with Crippen LogP contribution in [0.4, 0.5) is 13.2 Å². The molecule has 1 saturated heterocycles. The lowest BCUT2D eigenvalue weighted by Gasteiger charge is -2.35. The molecule has 2 atom stereocenters. The van der Waals surface area contributed by atoms with Crippen molar-refractivity contribution < 1.29 is 27.2 Å². The second-order valence-electron chi connectivity index (χ2n) is 5.55. The van der Waals surface area contributed by atoms with Crippen LogP contribution in [0.5, 0.6) is 0 Å². The molecule has 4 nitrogen and oxygen atoms in total. The highest BCUT2D eigenvalue weighted by Crippen LogP contribution is 2.33. The summed E-state index contributed by atoms with van der Waals surface area (Å²) in [5.41, 5.74) is 5.23. The standard InChI is InChI=1S/C15H17F3N2O2/c1-2-20(12(14(19)22)7-8-13(20)21)9-10-3-5-11(6-4-10)15(16,17)18/h3-6,12H,2,7-9H2,1H3,(H-,19,22)/p+1/t12-,20?/m0/s1. The first-order valence-corrected chi connectivity index (χ1v) is 7.06. The van der Waals surface area contributed by atoms with Gasteiger partial charge in [0.15, 0.2) is 6.04 Å².